The first-order valence-electron chi connectivity index (χ1n) is 7.10. The highest BCUT2D eigenvalue weighted by molar-refractivity contribution is 5.77. The quantitative estimate of drug-likeness (QED) is 0.648. The van der Waals surface area contributed by atoms with Crippen LogP contribution in [0, 0.1) is 5.92 Å². The molecule has 0 fully saturated rings. The van der Waals surface area contributed by atoms with Crippen molar-refractivity contribution in [3.63, 3.8) is 0 Å². The molecule has 116 valence electrons. The molecule has 0 aliphatic carbocycles. The van der Waals surface area contributed by atoms with Crippen LogP contribution in [0.15, 0.2) is 24.3 Å². The van der Waals surface area contributed by atoms with Crippen LogP contribution in [0.1, 0.15) is 37.7 Å². The lowest BCUT2D eigenvalue weighted by atomic mass is 9.97. The Morgan fingerprint density at radius 1 is 1.10 bits per heavy atom. The molecule has 0 aromatic heterocycles. The van der Waals surface area contributed by atoms with Crippen LogP contribution >= 0.6 is 0 Å². The Balaban J connectivity index is 2.23. The normalized spacial score (nSPS) is 11.9. The molecule has 1 aromatic carbocycles. The van der Waals surface area contributed by atoms with Gasteiger partial charge in [0, 0.05) is 0 Å². The zero-order chi connectivity index (χ0) is 15.7. The second kappa shape index (κ2) is 9.00. The standard InChI is InChI=1S/C16H22O5/c1-21-14-9-7-12(8-10-14)5-3-2-4-6-13(16(19)20)11-15(17)18/h7-10,13H,2-6,11H2,1H3,(H,17,18)(H,19,20). The highest BCUT2D eigenvalue weighted by Crippen LogP contribution is 2.17. The maximum atomic E-state index is 10.9. The molecule has 0 aliphatic rings. The molecule has 0 radical (unpaired) electrons. The summed E-state index contributed by atoms with van der Waals surface area (Å²) in [6.45, 7) is 0. The lowest BCUT2D eigenvalue weighted by molar-refractivity contribution is -0.148. The summed E-state index contributed by atoms with van der Waals surface area (Å²) < 4.78 is 5.09. The molecule has 1 unspecified atom stereocenters. The van der Waals surface area contributed by atoms with Gasteiger partial charge in [0.2, 0.25) is 0 Å². The van der Waals surface area contributed by atoms with Crippen molar-refractivity contribution in [2.24, 2.45) is 5.92 Å². The van der Waals surface area contributed by atoms with E-state index in [4.69, 9.17) is 14.9 Å². The number of hydrogen-bond acceptors (Lipinski definition) is 3. The van der Waals surface area contributed by atoms with Gasteiger partial charge in [0.05, 0.1) is 19.4 Å². The average molecular weight is 294 g/mol. The largest absolute Gasteiger partial charge is 0.497 e. The molecule has 21 heavy (non-hydrogen) atoms. The Bertz CT molecular complexity index is 452. The number of aryl methyl sites for hydroxylation is 1. The Morgan fingerprint density at radius 3 is 2.29 bits per heavy atom. The van der Waals surface area contributed by atoms with E-state index in [1.807, 2.05) is 24.3 Å². The summed E-state index contributed by atoms with van der Waals surface area (Å²) in [4.78, 5) is 21.5. The van der Waals surface area contributed by atoms with Gasteiger partial charge >= 0.3 is 11.9 Å². The Morgan fingerprint density at radius 2 is 1.76 bits per heavy atom. The lowest BCUT2D eigenvalue weighted by Crippen LogP contribution is -2.17. The summed E-state index contributed by atoms with van der Waals surface area (Å²) in [5, 5.41) is 17.6. The molecule has 1 atom stereocenters. The highest BCUT2D eigenvalue weighted by atomic mass is 16.5. The van der Waals surface area contributed by atoms with Gasteiger partial charge in [0.1, 0.15) is 5.75 Å². The molecular formula is C16H22O5. The van der Waals surface area contributed by atoms with E-state index in [1.54, 1.807) is 7.11 Å². The SMILES string of the molecule is COc1ccc(CCCCCC(CC(=O)O)C(=O)O)cc1. The molecule has 1 rings (SSSR count). The van der Waals surface area contributed by atoms with E-state index in [0.29, 0.717) is 6.42 Å². The minimum Gasteiger partial charge on any atom is -0.497 e. The Kier molecular flexibility index (Phi) is 7.29. The van der Waals surface area contributed by atoms with Crippen molar-refractivity contribution in [2.45, 2.75) is 38.5 Å². The first-order chi connectivity index (χ1) is 10.0. The van der Waals surface area contributed by atoms with Crippen LogP contribution in [0.25, 0.3) is 0 Å². The van der Waals surface area contributed by atoms with Gasteiger partial charge in [-0.2, -0.15) is 0 Å². The van der Waals surface area contributed by atoms with Gasteiger partial charge in [-0.05, 0) is 37.0 Å². The molecule has 0 aliphatic heterocycles. The van der Waals surface area contributed by atoms with Gasteiger partial charge in [-0.15, -0.1) is 0 Å². The molecule has 0 spiro atoms. The predicted molar refractivity (Wildman–Crippen MR) is 78.5 cm³/mol. The van der Waals surface area contributed by atoms with Crippen molar-refractivity contribution >= 4 is 11.9 Å². The fourth-order valence-electron chi connectivity index (χ4n) is 2.21. The maximum absolute atomic E-state index is 10.9. The third kappa shape index (κ3) is 6.79. The summed E-state index contributed by atoms with van der Waals surface area (Å²) >= 11 is 0. The van der Waals surface area contributed by atoms with Gasteiger partial charge in [-0.3, -0.25) is 9.59 Å². The number of methoxy groups -OCH3 is 1. The Labute approximate surface area is 124 Å². The van der Waals surface area contributed by atoms with Crippen molar-refractivity contribution in [1.29, 1.82) is 0 Å². The van der Waals surface area contributed by atoms with Gasteiger partial charge in [0.25, 0.3) is 0 Å². The molecular weight excluding hydrogens is 272 g/mol. The van der Waals surface area contributed by atoms with E-state index in [9.17, 15) is 9.59 Å². The summed E-state index contributed by atoms with van der Waals surface area (Å²) in [5.74, 6) is -2.02. The van der Waals surface area contributed by atoms with Crippen molar-refractivity contribution in [3.8, 4) is 5.75 Å². The molecule has 0 amide bonds. The van der Waals surface area contributed by atoms with Crippen LogP contribution in [0.5, 0.6) is 5.75 Å². The van der Waals surface area contributed by atoms with E-state index in [0.717, 1.165) is 31.4 Å². The number of unbranched alkanes of at least 4 members (excludes halogenated alkanes) is 2. The molecule has 5 nitrogen and oxygen atoms in total. The number of benzene rings is 1. The number of hydrogen-bond donors (Lipinski definition) is 2. The second-order valence-electron chi connectivity index (χ2n) is 5.08. The van der Waals surface area contributed by atoms with Crippen LogP contribution in [0.4, 0.5) is 0 Å². The minimum atomic E-state index is -1.05. The van der Waals surface area contributed by atoms with Crippen LogP contribution in [0.2, 0.25) is 0 Å². The van der Waals surface area contributed by atoms with Crippen molar-refractivity contribution in [2.75, 3.05) is 7.11 Å². The average Bonchev–Trinajstić information content (AvgIpc) is 2.45. The summed E-state index contributed by atoms with van der Waals surface area (Å²) in [5.41, 5.74) is 1.22. The third-order valence-electron chi connectivity index (χ3n) is 3.45. The van der Waals surface area contributed by atoms with Crippen molar-refractivity contribution < 1.29 is 24.5 Å². The van der Waals surface area contributed by atoms with Gasteiger partial charge in [-0.1, -0.05) is 25.0 Å². The predicted octanol–water partition coefficient (Wildman–Crippen LogP) is 2.97. The van der Waals surface area contributed by atoms with E-state index < -0.39 is 17.9 Å². The molecule has 0 saturated heterocycles. The Hall–Kier alpha value is -2.04. The monoisotopic (exact) mass is 294 g/mol. The van der Waals surface area contributed by atoms with Gasteiger partial charge in [-0.25, -0.2) is 0 Å². The zero-order valence-corrected chi connectivity index (χ0v) is 12.2. The number of carboxylic acids is 2. The molecule has 0 saturated carbocycles. The number of aliphatic carboxylic acids is 2. The van der Waals surface area contributed by atoms with Crippen LogP contribution in [-0.2, 0) is 16.0 Å². The van der Waals surface area contributed by atoms with Gasteiger partial charge in [0.15, 0.2) is 0 Å². The molecule has 1 aromatic rings. The zero-order valence-electron chi connectivity index (χ0n) is 12.2. The van der Waals surface area contributed by atoms with E-state index in [2.05, 4.69) is 0 Å². The lowest BCUT2D eigenvalue weighted by Gasteiger charge is -2.09. The smallest absolute Gasteiger partial charge is 0.307 e. The molecule has 5 heteroatoms. The van der Waals surface area contributed by atoms with E-state index in [1.165, 1.54) is 5.56 Å². The first kappa shape index (κ1) is 17.0. The molecule has 0 bridgehead atoms. The highest BCUT2D eigenvalue weighted by Gasteiger charge is 2.20. The van der Waals surface area contributed by atoms with Crippen molar-refractivity contribution in [1.82, 2.24) is 0 Å². The fourth-order valence-corrected chi connectivity index (χ4v) is 2.21. The van der Waals surface area contributed by atoms with Gasteiger partial charge < -0.3 is 14.9 Å². The number of rotatable bonds is 10. The number of carbonyl (C=O) groups is 2. The maximum Gasteiger partial charge on any atom is 0.307 e. The van der Waals surface area contributed by atoms with Crippen molar-refractivity contribution in [3.05, 3.63) is 29.8 Å². The summed E-state index contributed by atoms with van der Waals surface area (Å²) in [7, 11) is 1.63. The third-order valence-corrected chi connectivity index (χ3v) is 3.45. The fraction of sp³-hybridized carbons (Fsp3) is 0.500. The second-order valence-corrected chi connectivity index (χ2v) is 5.08. The van der Waals surface area contributed by atoms with Crippen LogP contribution in [0.3, 0.4) is 0 Å². The summed E-state index contributed by atoms with van der Waals surface area (Å²) in [6, 6.07) is 7.87. The first-order valence-corrected chi connectivity index (χ1v) is 7.10. The topological polar surface area (TPSA) is 83.8 Å². The number of carboxylic acid groups (broad SMARTS) is 2. The number of ether oxygens (including phenoxy) is 1. The van der Waals surface area contributed by atoms with Crippen LogP contribution < -0.4 is 4.74 Å². The van der Waals surface area contributed by atoms with E-state index in [-0.39, 0.29) is 6.42 Å². The molecule has 2 N–H and O–H groups in total. The summed E-state index contributed by atoms with van der Waals surface area (Å²) in [6.07, 6.45) is 3.65. The molecule has 0 heterocycles. The van der Waals surface area contributed by atoms with E-state index >= 15 is 0 Å². The van der Waals surface area contributed by atoms with Crippen LogP contribution in [-0.4, -0.2) is 29.3 Å². The minimum absolute atomic E-state index is 0.298.